The molecule has 1 aromatic carbocycles. The molecular formula is C30H41NO3S. The standard InChI is InChI=1S/C30H41NO3S/c1-22-10-12-23(13-11-22)24-14-17-27(18-15-24)35-34-29-19-16-26(33-25-7-3-2-4-8-25)21-28(29)31-20-6-5-9-30(31)32/h5-6,9,16,19-25,27H,2-4,7-8,10-15,17-18H2,1H3. The van der Waals surface area contributed by atoms with Gasteiger partial charge < -0.3 is 8.92 Å². The van der Waals surface area contributed by atoms with Gasteiger partial charge in [-0.3, -0.25) is 9.36 Å². The van der Waals surface area contributed by atoms with Crippen molar-refractivity contribution in [2.24, 2.45) is 17.8 Å². The molecule has 35 heavy (non-hydrogen) atoms. The maximum Gasteiger partial charge on any atom is 0.255 e. The number of nitrogens with zero attached hydrogens (tertiary/aromatic N) is 1. The maximum absolute atomic E-state index is 12.6. The molecule has 3 aliphatic carbocycles. The molecule has 2 aromatic rings. The first-order valence-electron chi connectivity index (χ1n) is 14.0. The Balaban J connectivity index is 1.23. The lowest BCUT2D eigenvalue weighted by Gasteiger charge is -2.36. The fourth-order valence-electron chi connectivity index (χ4n) is 6.36. The van der Waals surface area contributed by atoms with E-state index in [1.807, 2.05) is 30.5 Å². The van der Waals surface area contributed by atoms with Crippen molar-refractivity contribution in [2.45, 2.75) is 102 Å². The van der Waals surface area contributed by atoms with Crippen LogP contribution in [0.3, 0.4) is 0 Å². The second kappa shape index (κ2) is 11.9. The molecule has 1 heterocycles. The van der Waals surface area contributed by atoms with Gasteiger partial charge in [-0.1, -0.05) is 32.3 Å². The number of hydrogen-bond donors (Lipinski definition) is 0. The van der Waals surface area contributed by atoms with Crippen LogP contribution < -0.4 is 14.5 Å². The molecule has 5 rings (SSSR count). The smallest absolute Gasteiger partial charge is 0.255 e. The van der Waals surface area contributed by atoms with Crippen LogP contribution in [0, 0.1) is 17.8 Å². The largest absolute Gasteiger partial charge is 0.490 e. The quantitative estimate of drug-likeness (QED) is 0.365. The van der Waals surface area contributed by atoms with Crippen LogP contribution in [0.15, 0.2) is 47.4 Å². The van der Waals surface area contributed by atoms with Crippen LogP contribution in [0.2, 0.25) is 0 Å². The lowest BCUT2D eigenvalue weighted by molar-refractivity contribution is 0.155. The van der Waals surface area contributed by atoms with Crippen molar-refractivity contribution in [2.75, 3.05) is 0 Å². The van der Waals surface area contributed by atoms with E-state index in [-0.39, 0.29) is 11.7 Å². The predicted molar refractivity (Wildman–Crippen MR) is 145 cm³/mol. The maximum atomic E-state index is 12.6. The van der Waals surface area contributed by atoms with E-state index in [1.165, 1.54) is 70.6 Å². The van der Waals surface area contributed by atoms with Gasteiger partial charge >= 0.3 is 0 Å². The number of ether oxygens (including phenoxy) is 1. The van der Waals surface area contributed by atoms with E-state index in [4.69, 9.17) is 8.92 Å². The van der Waals surface area contributed by atoms with E-state index in [9.17, 15) is 4.79 Å². The summed E-state index contributed by atoms with van der Waals surface area (Å²) in [5.41, 5.74) is 0.709. The molecule has 0 amide bonds. The SMILES string of the molecule is CC1CCC(C2CCC(SOc3ccc(OC4CCCCC4)cc3-n3ccccc3=O)CC2)CC1. The molecule has 190 valence electrons. The van der Waals surface area contributed by atoms with Crippen molar-refractivity contribution in [1.82, 2.24) is 4.57 Å². The van der Waals surface area contributed by atoms with Crippen molar-refractivity contribution in [3.8, 4) is 17.2 Å². The Kier molecular flexibility index (Phi) is 8.43. The van der Waals surface area contributed by atoms with Gasteiger partial charge in [0.2, 0.25) is 0 Å². The number of pyridine rings is 1. The highest BCUT2D eigenvalue weighted by atomic mass is 32.2. The molecule has 0 spiro atoms. The van der Waals surface area contributed by atoms with Gasteiger partial charge in [-0.25, -0.2) is 0 Å². The van der Waals surface area contributed by atoms with Gasteiger partial charge in [0, 0.05) is 23.6 Å². The molecule has 0 bridgehead atoms. The third-order valence-corrected chi connectivity index (χ3v) is 9.61. The van der Waals surface area contributed by atoms with Crippen LogP contribution in [0.4, 0.5) is 0 Å². The second-order valence-corrected chi connectivity index (χ2v) is 12.2. The number of rotatable bonds is 7. The number of benzene rings is 1. The fourth-order valence-corrected chi connectivity index (χ4v) is 7.21. The first kappa shape index (κ1) is 24.8. The Bertz CT molecular complexity index is 999. The molecule has 3 saturated carbocycles. The van der Waals surface area contributed by atoms with Crippen LogP contribution >= 0.6 is 12.0 Å². The predicted octanol–water partition coefficient (Wildman–Crippen LogP) is 7.96. The molecule has 4 nitrogen and oxygen atoms in total. The molecule has 1 aromatic heterocycles. The van der Waals surface area contributed by atoms with Crippen LogP contribution in [0.5, 0.6) is 11.5 Å². The lowest BCUT2D eigenvalue weighted by atomic mass is 9.71. The zero-order chi connectivity index (χ0) is 24.0. The van der Waals surface area contributed by atoms with Gasteiger partial charge in [0.05, 0.1) is 23.8 Å². The summed E-state index contributed by atoms with van der Waals surface area (Å²) in [4.78, 5) is 12.6. The van der Waals surface area contributed by atoms with Gasteiger partial charge in [0.15, 0.2) is 5.75 Å². The van der Waals surface area contributed by atoms with Crippen LogP contribution in [-0.4, -0.2) is 15.9 Å². The molecule has 3 aliphatic rings. The summed E-state index contributed by atoms with van der Waals surface area (Å²) in [6.07, 6.45) is 18.9. The summed E-state index contributed by atoms with van der Waals surface area (Å²) in [5, 5.41) is 0.521. The molecule has 5 heteroatoms. The van der Waals surface area contributed by atoms with Crippen molar-refractivity contribution < 1.29 is 8.92 Å². The normalized spacial score (nSPS) is 27.9. The number of aromatic nitrogens is 1. The molecule has 0 atom stereocenters. The first-order valence-corrected chi connectivity index (χ1v) is 14.8. The summed E-state index contributed by atoms with van der Waals surface area (Å²) in [6, 6.07) is 11.2. The average Bonchev–Trinajstić information content (AvgIpc) is 2.90. The summed E-state index contributed by atoms with van der Waals surface area (Å²) in [6.45, 7) is 2.41. The molecule has 0 unspecified atom stereocenters. The van der Waals surface area contributed by atoms with E-state index in [1.54, 1.807) is 28.7 Å². The van der Waals surface area contributed by atoms with E-state index in [0.29, 0.717) is 5.25 Å². The summed E-state index contributed by atoms with van der Waals surface area (Å²) in [7, 11) is 0. The topological polar surface area (TPSA) is 40.5 Å². The molecular weight excluding hydrogens is 454 g/mol. The average molecular weight is 496 g/mol. The van der Waals surface area contributed by atoms with Gasteiger partial charge in [0.1, 0.15) is 5.75 Å². The number of hydrogen-bond acceptors (Lipinski definition) is 4. The highest BCUT2D eigenvalue weighted by Gasteiger charge is 2.30. The monoisotopic (exact) mass is 495 g/mol. The van der Waals surface area contributed by atoms with Crippen LogP contribution in [0.1, 0.15) is 90.4 Å². The van der Waals surface area contributed by atoms with Crippen molar-refractivity contribution in [3.63, 3.8) is 0 Å². The lowest BCUT2D eigenvalue weighted by Crippen LogP contribution is -2.26. The Morgan fingerprint density at radius 3 is 2.26 bits per heavy atom. The summed E-state index contributed by atoms with van der Waals surface area (Å²) < 4.78 is 14.3. The summed E-state index contributed by atoms with van der Waals surface area (Å²) >= 11 is 1.60. The molecule has 0 N–H and O–H groups in total. The van der Waals surface area contributed by atoms with E-state index in [2.05, 4.69) is 6.92 Å². The Labute approximate surface area is 215 Å². The van der Waals surface area contributed by atoms with Crippen LogP contribution in [0.25, 0.3) is 5.69 Å². The van der Waals surface area contributed by atoms with Gasteiger partial charge in [-0.05, 0) is 100 Å². The molecule has 0 saturated heterocycles. The van der Waals surface area contributed by atoms with Crippen molar-refractivity contribution in [1.29, 1.82) is 0 Å². The van der Waals surface area contributed by atoms with Crippen molar-refractivity contribution >= 4 is 12.0 Å². The Hall–Kier alpha value is -1.88. The minimum Gasteiger partial charge on any atom is -0.490 e. The van der Waals surface area contributed by atoms with E-state index < -0.39 is 0 Å². The molecule has 0 radical (unpaired) electrons. The minimum absolute atomic E-state index is 0.0560. The van der Waals surface area contributed by atoms with Gasteiger partial charge in [0.25, 0.3) is 5.56 Å². The minimum atomic E-state index is -0.0560. The van der Waals surface area contributed by atoms with Crippen LogP contribution in [-0.2, 0) is 0 Å². The van der Waals surface area contributed by atoms with E-state index >= 15 is 0 Å². The first-order chi connectivity index (χ1) is 17.2. The highest BCUT2D eigenvalue weighted by molar-refractivity contribution is 7.95. The third-order valence-electron chi connectivity index (χ3n) is 8.59. The Morgan fingerprint density at radius 1 is 0.829 bits per heavy atom. The highest BCUT2D eigenvalue weighted by Crippen LogP contribution is 2.43. The second-order valence-electron chi connectivity index (χ2n) is 11.2. The Morgan fingerprint density at radius 2 is 1.54 bits per heavy atom. The van der Waals surface area contributed by atoms with Gasteiger partial charge in [-0.15, -0.1) is 0 Å². The molecule has 0 aliphatic heterocycles. The van der Waals surface area contributed by atoms with E-state index in [0.717, 1.165) is 47.8 Å². The third kappa shape index (κ3) is 6.47. The van der Waals surface area contributed by atoms with Crippen molar-refractivity contribution in [3.05, 3.63) is 52.9 Å². The molecule has 3 fully saturated rings. The summed E-state index contributed by atoms with van der Waals surface area (Å²) in [5.74, 6) is 4.35. The fraction of sp³-hybridized carbons (Fsp3) is 0.633. The zero-order valence-electron chi connectivity index (χ0n) is 21.2. The van der Waals surface area contributed by atoms with Gasteiger partial charge in [-0.2, -0.15) is 0 Å². The zero-order valence-corrected chi connectivity index (χ0v) is 22.0.